The van der Waals surface area contributed by atoms with Gasteiger partial charge in [0.25, 0.3) is 0 Å². The lowest BCUT2D eigenvalue weighted by atomic mass is 9.97. The molecule has 0 atom stereocenters. The molecule has 3 rings (SSSR count). The molecule has 0 spiro atoms. The van der Waals surface area contributed by atoms with E-state index in [1.54, 1.807) is 13.4 Å². The zero-order chi connectivity index (χ0) is 15.2. The summed E-state index contributed by atoms with van der Waals surface area (Å²) in [5.41, 5.74) is 1.48. The molecule has 0 bridgehead atoms. The number of fused-ring (bicyclic) bond motifs is 3. The maximum absolute atomic E-state index is 5.48. The Morgan fingerprint density at radius 3 is 3.00 bits per heavy atom. The largest absolute Gasteiger partial charge is 0.382 e. The molecular weight excluding hydrogens is 298 g/mol. The average molecular weight is 321 g/mol. The molecule has 2 aromatic rings. The minimum absolute atomic E-state index is 0.654. The van der Waals surface area contributed by atoms with Crippen molar-refractivity contribution in [2.45, 2.75) is 32.1 Å². The lowest BCUT2D eigenvalue weighted by Gasteiger charge is -2.12. The molecule has 0 aliphatic heterocycles. The topological polar surface area (TPSA) is 56.3 Å². The van der Waals surface area contributed by atoms with Crippen molar-refractivity contribution in [3.63, 3.8) is 0 Å². The van der Waals surface area contributed by atoms with Crippen LogP contribution in [0.2, 0.25) is 0 Å². The molecule has 6 heteroatoms. The van der Waals surface area contributed by atoms with Gasteiger partial charge in [-0.3, -0.25) is 0 Å². The molecule has 2 aromatic heterocycles. The molecule has 0 amide bonds. The van der Waals surface area contributed by atoms with Crippen molar-refractivity contribution in [2.75, 3.05) is 38.8 Å². The lowest BCUT2D eigenvalue weighted by molar-refractivity contribution is 0.0705. The summed E-state index contributed by atoms with van der Waals surface area (Å²) in [6, 6.07) is 0. The number of nitrogens with one attached hydrogen (secondary N) is 1. The first kappa shape index (κ1) is 15.6. The molecule has 1 aliphatic carbocycles. The Kier molecular flexibility index (Phi) is 5.58. The second-order valence-corrected chi connectivity index (χ2v) is 6.58. The molecular formula is C16H23N3O2S. The highest BCUT2D eigenvalue weighted by Crippen LogP contribution is 2.37. The summed E-state index contributed by atoms with van der Waals surface area (Å²) in [5, 5.41) is 4.71. The number of anilines is 1. The molecule has 0 aromatic carbocycles. The molecule has 0 saturated carbocycles. The summed E-state index contributed by atoms with van der Waals surface area (Å²) in [4.78, 5) is 11.5. The number of nitrogens with zero attached hydrogens (tertiary/aromatic N) is 2. The Labute approximate surface area is 135 Å². The van der Waals surface area contributed by atoms with Crippen molar-refractivity contribution in [3.05, 3.63) is 16.8 Å². The summed E-state index contributed by atoms with van der Waals surface area (Å²) in [5.74, 6) is 0.987. The van der Waals surface area contributed by atoms with Crippen molar-refractivity contribution in [2.24, 2.45) is 0 Å². The van der Waals surface area contributed by atoms with Gasteiger partial charge in [-0.2, -0.15) is 0 Å². The van der Waals surface area contributed by atoms with Gasteiger partial charge >= 0.3 is 0 Å². The third kappa shape index (κ3) is 3.56. The van der Waals surface area contributed by atoms with Crippen LogP contribution in [0.3, 0.4) is 0 Å². The number of hydrogen-bond acceptors (Lipinski definition) is 6. The molecule has 5 nitrogen and oxygen atoms in total. The maximum Gasteiger partial charge on any atom is 0.138 e. The Hall–Kier alpha value is -1.24. The average Bonchev–Trinajstić information content (AvgIpc) is 2.93. The van der Waals surface area contributed by atoms with E-state index in [1.165, 1.54) is 35.1 Å². The van der Waals surface area contributed by atoms with E-state index in [-0.39, 0.29) is 0 Å². The summed E-state index contributed by atoms with van der Waals surface area (Å²) >= 11 is 1.84. The molecule has 0 radical (unpaired) electrons. The number of rotatable bonds is 8. The van der Waals surface area contributed by atoms with Crippen molar-refractivity contribution in [1.82, 2.24) is 9.97 Å². The van der Waals surface area contributed by atoms with Gasteiger partial charge < -0.3 is 14.8 Å². The second-order valence-electron chi connectivity index (χ2n) is 5.50. The van der Waals surface area contributed by atoms with E-state index >= 15 is 0 Å². The van der Waals surface area contributed by atoms with Gasteiger partial charge in [0.15, 0.2) is 0 Å². The fourth-order valence-corrected chi connectivity index (χ4v) is 4.08. The summed E-state index contributed by atoms with van der Waals surface area (Å²) in [7, 11) is 1.69. The van der Waals surface area contributed by atoms with E-state index in [1.807, 2.05) is 11.3 Å². The zero-order valence-corrected chi connectivity index (χ0v) is 13.9. The molecule has 120 valence electrons. The van der Waals surface area contributed by atoms with Gasteiger partial charge in [-0.15, -0.1) is 11.3 Å². The van der Waals surface area contributed by atoms with E-state index in [4.69, 9.17) is 9.47 Å². The fraction of sp³-hybridized carbons (Fsp3) is 0.625. The highest BCUT2D eigenvalue weighted by Gasteiger charge is 2.19. The van der Waals surface area contributed by atoms with Crippen LogP contribution in [0.15, 0.2) is 6.33 Å². The first-order valence-electron chi connectivity index (χ1n) is 7.96. The number of thiophene rings is 1. The Morgan fingerprint density at radius 1 is 1.18 bits per heavy atom. The van der Waals surface area contributed by atoms with Crippen LogP contribution in [-0.2, 0) is 22.3 Å². The highest BCUT2D eigenvalue weighted by atomic mass is 32.1. The smallest absolute Gasteiger partial charge is 0.138 e. The van der Waals surface area contributed by atoms with E-state index in [9.17, 15) is 0 Å². The van der Waals surface area contributed by atoms with Crippen LogP contribution in [0.5, 0.6) is 0 Å². The van der Waals surface area contributed by atoms with Gasteiger partial charge in [0.1, 0.15) is 17.0 Å². The first-order chi connectivity index (χ1) is 10.9. The Bertz CT molecular complexity index is 615. The van der Waals surface area contributed by atoms with Crippen molar-refractivity contribution >= 4 is 27.4 Å². The number of ether oxygens (including phenoxy) is 2. The number of methoxy groups -OCH3 is 1. The van der Waals surface area contributed by atoms with Crippen LogP contribution in [0.4, 0.5) is 5.82 Å². The molecule has 0 saturated heterocycles. The van der Waals surface area contributed by atoms with Gasteiger partial charge in [-0.1, -0.05) is 0 Å². The number of aromatic nitrogens is 2. The van der Waals surface area contributed by atoms with Crippen LogP contribution in [0, 0.1) is 0 Å². The van der Waals surface area contributed by atoms with Gasteiger partial charge in [0.05, 0.1) is 18.6 Å². The van der Waals surface area contributed by atoms with Crippen LogP contribution < -0.4 is 5.32 Å². The van der Waals surface area contributed by atoms with Crippen LogP contribution in [0.25, 0.3) is 10.2 Å². The fourth-order valence-electron chi connectivity index (χ4n) is 2.85. The van der Waals surface area contributed by atoms with Gasteiger partial charge in [-0.05, 0) is 37.7 Å². The van der Waals surface area contributed by atoms with Crippen molar-refractivity contribution in [1.29, 1.82) is 0 Å². The Morgan fingerprint density at radius 2 is 2.09 bits per heavy atom. The SMILES string of the molecule is COCCOCCCNc1ncnc2sc3c(c12)CCCC3. The molecule has 1 N–H and O–H groups in total. The van der Waals surface area contributed by atoms with E-state index in [2.05, 4.69) is 15.3 Å². The molecule has 22 heavy (non-hydrogen) atoms. The maximum atomic E-state index is 5.48. The number of hydrogen-bond donors (Lipinski definition) is 1. The number of aryl methyl sites for hydroxylation is 2. The van der Waals surface area contributed by atoms with Gasteiger partial charge in [-0.25, -0.2) is 9.97 Å². The lowest BCUT2D eigenvalue weighted by Crippen LogP contribution is -2.10. The quantitative estimate of drug-likeness (QED) is 0.757. The highest BCUT2D eigenvalue weighted by molar-refractivity contribution is 7.19. The van der Waals surface area contributed by atoms with E-state index in [0.29, 0.717) is 13.2 Å². The minimum atomic E-state index is 0.654. The molecule has 0 unspecified atom stereocenters. The van der Waals surface area contributed by atoms with Crippen molar-refractivity contribution in [3.8, 4) is 0 Å². The van der Waals surface area contributed by atoms with Crippen LogP contribution in [0.1, 0.15) is 29.7 Å². The Balaban J connectivity index is 1.60. The van der Waals surface area contributed by atoms with Crippen LogP contribution >= 0.6 is 11.3 Å². The predicted molar refractivity (Wildman–Crippen MR) is 89.9 cm³/mol. The molecule has 2 heterocycles. The summed E-state index contributed by atoms with van der Waals surface area (Å²) in [6.45, 7) is 2.92. The zero-order valence-electron chi connectivity index (χ0n) is 13.1. The first-order valence-corrected chi connectivity index (χ1v) is 8.77. The monoisotopic (exact) mass is 321 g/mol. The molecule has 1 aliphatic rings. The minimum Gasteiger partial charge on any atom is -0.382 e. The van der Waals surface area contributed by atoms with E-state index in [0.717, 1.165) is 36.6 Å². The normalized spacial score (nSPS) is 14.2. The second kappa shape index (κ2) is 7.85. The standard InChI is InChI=1S/C16H23N3O2S/c1-20-9-10-21-8-4-7-17-15-14-12-5-2-3-6-13(12)22-16(14)19-11-18-15/h11H,2-10H2,1H3,(H,17,18,19). The summed E-state index contributed by atoms with van der Waals surface area (Å²) < 4.78 is 10.4. The van der Waals surface area contributed by atoms with Gasteiger partial charge in [0, 0.05) is 25.1 Å². The van der Waals surface area contributed by atoms with Crippen molar-refractivity contribution < 1.29 is 9.47 Å². The predicted octanol–water partition coefficient (Wildman–Crippen LogP) is 3.04. The molecule has 0 fully saturated rings. The third-order valence-electron chi connectivity index (χ3n) is 3.94. The van der Waals surface area contributed by atoms with E-state index < -0.39 is 0 Å². The van der Waals surface area contributed by atoms with Crippen LogP contribution in [-0.4, -0.2) is 43.4 Å². The van der Waals surface area contributed by atoms with Gasteiger partial charge in [0.2, 0.25) is 0 Å². The third-order valence-corrected chi connectivity index (χ3v) is 5.14. The summed E-state index contributed by atoms with van der Waals surface area (Å²) in [6.07, 6.45) is 7.57.